The van der Waals surface area contributed by atoms with Gasteiger partial charge in [0.1, 0.15) is 12.4 Å². The zero-order valence-electron chi connectivity index (χ0n) is 17.2. The van der Waals surface area contributed by atoms with E-state index in [1.54, 1.807) is 19.3 Å². The molecule has 0 aliphatic heterocycles. The van der Waals surface area contributed by atoms with Gasteiger partial charge in [-0.05, 0) is 85.9 Å². The summed E-state index contributed by atoms with van der Waals surface area (Å²) in [7, 11) is 0. The second-order valence-corrected chi connectivity index (χ2v) is 8.43. The number of hydrogen-bond donors (Lipinski definition) is 2. The summed E-state index contributed by atoms with van der Waals surface area (Å²) in [5.74, 6) is 6.88. The summed E-state index contributed by atoms with van der Waals surface area (Å²) in [5.41, 5.74) is 2.30. The van der Waals surface area contributed by atoms with Crippen molar-refractivity contribution in [1.82, 2.24) is 4.98 Å². The Morgan fingerprint density at radius 1 is 1.21 bits per heavy atom. The minimum Gasteiger partial charge on any atom is -0.489 e. The highest BCUT2D eigenvalue weighted by molar-refractivity contribution is 5.44. The van der Waals surface area contributed by atoms with Crippen LogP contribution < -0.4 is 4.74 Å². The molecular formula is C25H29NO3. The van der Waals surface area contributed by atoms with E-state index in [0.717, 1.165) is 30.6 Å². The second kappa shape index (κ2) is 7.82. The van der Waals surface area contributed by atoms with E-state index in [-0.39, 0.29) is 5.41 Å². The fraction of sp³-hybridized carbons (Fsp3) is 0.480. The molecule has 4 heteroatoms. The second-order valence-electron chi connectivity index (χ2n) is 8.43. The number of ether oxygens (including phenoxy) is 1. The standard InChI is InChI=1S/C25H29NO3/c1-3-11-25(28)15-20-6-5-19-14-21(29-17-18-9-12-26-13-10-18)7-8-22(19)24(20,4-2)16-23(25)27/h7-10,12-14,20,23,27-28H,4-6,15-17H2,1-2H3/t20-,23?,24?,25?/m1/s1. The molecule has 0 spiro atoms. The first-order valence-corrected chi connectivity index (χ1v) is 10.5. The minimum absolute atomic E-state index is 0.113. The Labute approximate surface area is 173 Å². The monoisotopic (exact) mass is 391 g/mol. The number of aryl methyl sites for hydroxylation is 1. The van der Waals surface area contributed by atoms with Crippen LogP contribution in [0.25, 0.3) is 0 Å². The lowest BCUT2D eigenvalue weighted by Crippen LogP contribution is -2.57. The predicted molar refractivity (Wildman–Crippen MR) is 112 cm³/mol. The molecule has 0 amide bonds. The Morgan fingerprint density at radius 2 is 2.00 bits per heavy atom. The summed E-state index contributed by atoms with van der Waals surface area (Å²) in [5, 5.41) is 21.7. The number of nitrogens with zero attached hydrogens (tertiary/aromatic N) is 1. The van der Waals surface area contributed by atoms with Gasteiger partial charge < -0.3 is 14.9 Å². The maximum atomic E-state index is 10.9. The number of hydrogen-bond acceptors (Lipinski definition) is 4. The van der Waals surface area contributed by atoms with Crippen LogP contribution in [-0.2, 0) is 18.4 Å². The fourth-order valence-electron chi connectivity index (χ4n) is 5.40. The Kier molecular flexibility index (Phi) is 5.38. The van der Waals surface area contributed by atoms with Gasteiger partial charge in [0.15, 0.2) is 5.60 Å². The van der Waals surface area contributed by atoms with E-state index in [4.69, 9.17) is 4.74 Å². The lowest BCUT2D eigenvalue weighted by Gasteiger charge is -2.53. The van der Waals surface area contributed by atoms with Gasteiger partial charge in [-0.3, -0.25) is 4.98 Å². The van der Waals surface area contributed by atoms with Crippen molar-refractivity contribution in [3.05, 3.63) is 59.4 Å². The zero-order chi connectivity index (χ0) is 20.5. The van der Waals surface area contributed by atoms with Gasteiger partial charge in [0.05, 0.1) is 6.10 Å². The number of aromatic nitrogens is 1. The number of benzene rings is 1. The average molecular weight is 392 g/mol. The molecule has 152 valence electrons. The molecule has 1 aromatic heterocycles. The van der Waals surface area contributed by atoms with E-state index in [1.165, 1.54) is 11.1 Å². The Balaban J connectivity index is 1.60. The highest BCUT2D eigenvalue weighted by atomic mass is 16.5. The summed E-state index contributed by atoms with van der Waals surface area (Å²) >= 11 is 0. The Bertz CT molecular complexity index is 932. The first-order chi connectivity index (χ1) is 14.0. The van der Waals surface area contributed by atoms with E-state index in [0.29, 0.717) is 25.4 Å². The summed E-state index contributed by atoms with van der Waals surface area (Å²) in [4.78, 5) is 4.04. The normalized spacial score (nSPS) is 30.5. The van der Waals surface area contributed by atoms with Crippen molar-refractivity contribution in [3.8, 4) is 17.6 Å². The molecule has 2 aromatic rings. The van der Waals surface area contributed by atoms with Crippen molar-refractivity contribution in [2.75, 3.05) is 0 Å². The first-order valence-electron chi connectivity index (χ1n) is 10.5. The van der Waals surface area contributed by atoms with Crippen molar-refractivity contribution in [2.24, 2.45) is 5.92 Å². The average Bonchev–Trinajstić information content (AvgIpc) is 2.74. The molecule has 2 aliphatic carbocycles. The fourth-order valence-corrected chi connectivity index (χ4v) is 5.40. The molecule has 1 fully saturated rings. The van der Waals surface area contributed by atoms with Crippen LogP contribution in [0.3, 0.4) is 0 Å². The number of aliphatic hydroxyl groups excluding tert-OH is 1. The molecular weight excluding hydrogens is 362 g/mol. The van der Waals surface area contributed by atoms with Gasteiger partial charge >= 0.3 is 0 Å². The maximum absolute atomic E-state index is 10.9. The highest BCUT2D eigenvalue weighted by Gasteiger charge is 2.54. The third kappa shape index (κ3) is 3.54. The van der Waals surface area contributed by atoms with Gasteiger partial charge in [-0.1, -0.05) is 18.9 Å². The van der Waals surface area contributed by atoms with Crippen LogP contribution in [0.1, 0.15) is 56.2 Å². The topological polar surface area (TPSA) is 62.6 Å². The first kappa shape index (κ1) is 19.9. The molecule has 0 bridgehead atoms. The van der Waals surface area contributed by atoms with Crippen molar-refractivity contribution < 1.29 is 14.9 Å². The molecule has 2 aliphatic rings. The molecule has 4 atom stereocenters. The van der Waals surface area contributed by atoms with E-state index in [2.05, 4.69) is 35.9 Å². The smallest absolute Gasteiger partial charge is 0.151 e. The molecule has 3 unspecified atom stereocenters. The third-order valence-corrected chi connectivity index (χ3v) is 6.95. The van der Waals surface area contributed by atoms with Gasteiger partial charge in [0, 0.05) is 17.8 Å². The van der Waals surface area contributed by atoms with Crippen LogP contribution in [0, 0.1) is 17.8 Å². The van der Waals surface area contributed by atoms with Crippen molar-refractivity contribution in [2.45, 2.75) is 69.7 Å². The van der Waals surface area contributed by atoms with Gasteiger partial charge in [-0.15, -0.1) is 5.92 Å². The third-order valence-electron chi connectivity index (χ3n) is 6.95. The Morgan fingerprint density at radius 3 is 2.72 bits per heavy atom. The van der Waals surface area contributed by atoms with Crippen LogP contribution >= 0.6 is 0 Å². The quantitative estimate of drug-likeness (QED) is 0.779. The predicted octanol–water partition coefficient (Wildman–Crippen LogP) is 3.78. The summed E-state index contributed by atoms with van der Waals surface area (Å²) in [6, 6.07) is 10.3. The Hall–Kier alpha value is -2.35. The molecule has 1 aromatic carbocycles. The van der Waals surface area contributed by atoms with Gasteiger partial charge in [0.2, 0.25) is 0 Å². The van der Waals surface area contributed by atoms with Crippen LogP contribution in [0.2, 0.25) is 0 Å². The van der Waals surface area contributed by atoms with Crippen LogP contribution in [-0.4, -0.2) is 26.9 Å². The molecule has 1 heterocycles. The maximum Gasteiger partial charge on any atom is 0.151 e. The summed E-state index contributed by atoms with van der Waals surface area (Å²) in [6.07, 6.45) is 6.68. The molecule has 2 N–H and O–H groups in total. The molecule has 0 saturated heterocycles. The molecule has 29 heavy (non-hydrogen) atoms. The SMILES string of the molecule is CC#CC1(O)C[C@H]2CCc3cc(OCc4ccncc4)ccc3C2(CC)CC1O. The van der Waals surface area contributed by atoms with Crippen molar-refractivity contribution >= 4 is 0 Å². The number of rotatable bonds is 4. The van der Waals surface area contributed by atoms with E-state index < -0.39 is 11.7 Å². The summed E-state index contributed by atoms with van der Waals surface area (Å²) < 4.78 is 6.01. The molecule has 4 nitrogen and oxygen atoms in total. The van der Waals surface area contributed by atoms with Crippen LogP contribution in [0.15, 0.2) is 42.7 Å². The summed E-state index contributed by atoms with van der Waals surface area (Å²) in [6.45, 7) is 4.43. The van der Waals surface area contributed by atoms with Gasteiger partial charge in [0.25, 0.3) is 0 Å². The van der Waals surface area contributed by atoms with E-state index in [9.17, 15) is 10.2 Å². The van der Waals surface area contributed by atoms with Crippen LogP contribution in [0.5, 0.6) is 5.75 Å². The molecule has 0 radical (unpaired) electrons. The number of pyridine rings is 1. The van der Waals surface area contributed by atoms with Gasteiger partial charge in [-0.25, -0.2) is 0 Å². The lowest BCUT2D eigenvalue weighted by atomic mass is 9.52. The zero-order valence-corrected chi connectivity index (χ0v) is 17.2. The lowest BCUT2D eigenvalue weighted by molar-refractivity contribution is -0.106. The van der Waals surface area contributed by atoms with E-state index >= 15 is 0 Å². The highest BCUT2D eigenvalue weighted by Crippen LogP contribution is 2.54. The van der Waals surface area contributed by atoms with E-state index in [1.807, 2.05) is 18.2 Å². The van der Waals surface area contributed by atoms with Crippen LogP contribution in [0.4, 0.5) is 0 Å². The van der Waals surface area contributed by atoms with Crippen molar-refractivity contribution in [3.63, 3.8) is 0 Å². The molecule has 4 rings (SSSR count). The minimum atomic E-state index is -1.29. The number of aliphatic hydroxyl groups is 2. The molecule has 1 saturated carbocycles. The van der Waals surface area contributed by atoms with Gasteiger partial charge in [-0.2, -0.15) is 0 Å². The number of fused-ring (bicyclic) bond motifs is 3. The largest absolute Gasteiger partial charge is 0.489 e. The van der Waals surface area contributed by atoms with Crippen molar-refractivity contribution in [1.29, 1.82) is 0 Å².